The highest BCUT2D eigenvalue weighted by molar-refractivity contribution is 5.92. The minimum atomic E-state index is -4.76. The highest BCUT2D eigenvalue weighted by Crippen LogP contribution is 2.40. The van der Waals surface area contributed by atoms with Gasteiger partial charge in [0.25, 0.3) is 5.91 Å². The van der Waals surface area contributed by atoms with Crippen LogP contribution in [0.5, 0.6) is 5.75 Å². The molecule has 0 saturated carbocycles. The number of amides is 2. The maximum atomic E-state index is 13.6. The van der Waals surface area contributed by atoms with Crippen LogP contribution in [0.1, 0.15) is 55.5 Å². The molecule has 1 aromatic carbocycles. The highest BCUT2D eigenvalue weighted by atomic mass is 19.4. The molecule has 1 aromatic heterocycles. The molecule has 35 heavy (non-hydrogen) atoms. The van der Waals surface area contributed by atoms with Crippen molar-refractivity contribution in [3.63, 3.8) is 0 Å². The number of piperidine rings is 1. The van der Waals surface area contributed by atoms with Gasteiger partial charge in [-0.25, -0.2) is 9.37 Å². The SMILES string of the molecule is CC(C)(Oc1cc(F)ccc1C(F)(F)F)C(=O)NC1C[C@H]2CC[C@@H](C1)N2c1ccc(C(N)=O)cn1. The van der Waals surface area contributed by atoms with E-state index in [0.717, 1.165) is 18.7 Å². The molecule has 2 saturated heterocycles. The molecule has 7 nitrogen and oxygen atoms in total. The quantitative estimate of drug-likeness (QED) is 0.596. The molecule has 2 aromatic rings. The van der Waals surface area contributed by atoms with E-state index in [-0.39, 0.29) is 18.1 Å². The van der Waals surface area contributed by atoms with Gasteiger partial charge in [0.2, 0.25) is 5.91 Å². The summed E-state index contributed by atoms with van der Waals surface area (Å²) in [6.45, 7) is 2.70. The van der Waals surface area contributed by atoms with Crippen LogP contribution in [0.15, 0.2) is 36.5 Å². The first-order valence-electron chi connectivity index (χ1n) is 11.3. The molecule has 1 unspecified atom stereocenters. The highest BCUT2D eigenvalue weighted by Gasteiger charge is 2.44. The summed E-state index contributed by atoms with van der Waals surface area (Å²) in [4.78, 5) is 30.8. The summed E-state index contributed by atoms with van der Waals surface area (Å²) in [6.07, 6.45) is -0.294. The monoisotopic (exact) mass is 494 g/mol. The molecule has 2 aliphatic rings. The number of nitrogens with two attached hydrogens (primary N) is 1. The first kappa shape index (κ1) is 24.7. The molecular formula is C24H26F4N4O3. The number of carbonyl (C=O) groups excluding carboxylic acids is 2. The van der Waals surface area contributed by atoms with E-state index >= 15 is 0 Å². The summed E-state index contributed by atoms with van der Waals surface area (Å²) >= 11 is 0. The van der Waals surface area contributed by atoms with Gasteiger partial charge in [0.05, 0.1) is 11.1 Å². The Bertz CT molecular complexity index is 1110. The number of nitrogens with one attached hydrogen (secondary N) is 1. The molecule has 0 aliphatic carbocycles. The number of anilines is 1. The number of alkyl halides is 3. The Hall–Kier alpha value is -3.37. The number of aromatic nitrogens is 1. The van der Waals surface area contributed by atoms with Crippen LogP contribution in [-0.4, -0.2) is 40.5 Å². The second-order valence-electron chi connectivity index (χ2n) is 9.45. The summed E-state index contributed by atoms with van der Waals surface area (Å²) < 4.78 is 59.0. The second kappa shape index (κ2) is 9.01. The van der Waals surface area contributed by atoms with Crippen molar-refractivity contribution in [3.8, 4) is 5.75 Å². The number of pyridine rings is 1. The number of hydrogen-bond acceptors (Lipinski definition) is 5. The molecule has 3 N–H and O–H groups in total. The third-order valence-electron chi connectivity index (χ3n) is 6.53. The van der Waals surface area contributed by atoms with Crippen molar-refractivity contribution >= 4 is 17.6 Å². The van der Waals surface area contributed by atoms with Crippen molar-refractivity contribution < 1.29 is 31.9 Å². The fraction of sp³-hybridized carbons (Fsp3) is 0.458. The third kappa shape index (κ3) is 5.18. The topological polar surface area (TPSA) is 97.5 Å². The number of benzene rings is 1. The van der Waals surface area contributed by atoms with Crippen LogP contribution in [0.3, 0.4) is 0 Å². The fourth-order valence-electron chi connectivity index (χ4n) is 4.85. The van der Waals surface area contributed by atoms with Gasteiger partial charge in [-0.3, -0.25) is 9.59 Å². The predicted octanol–water partition coefficient (Wildman–Crippen LogP) is 3.81. The largest absolute Gasteiger partial charge is 0.477 e. The van der Waals surface area contributed by atoms with Crippen LogP contribution in [0, 0.1) is 5.82 Å². The van der Waals surface area contributed by atoms with Crippen molar-refractivity contribution in [1.29, 1.82) is 0 Å². The van der Waals surface area contributed by atoms with Gasteiger partial charge in [-0.2, -0.15) is 13.2 Å². The van der Waals surface area contributed by atoms with Crippen LogP contribution in [0.25, 0.3) is 0 Å². The maximum Gasteiger partial charge on any atom is 0.419 e. The first-order valence-corrected chi connectivity index (χ1v) is 11.3. The van der Waals surface area contributed by atoms with Crippen LogP contribution >= 0.6 is 0 Å². The molecule has 2 aliphatic heterocycles. The minimum Gasteiger partial charge on any atom is -0.477 e. The lowest BCUT2D eigenvalue weighted by molar-refractivity contribution is -0.143. The van der Waals surface area contributed by atoms with Gasteiger partial charge in [0, 0.05) is 30.4 Å². The van der Waals surface area contributed by atoms with Gasteiger partial charge >= 0.3 is 6.18 Å². The molecule has 4 rings (SSSR count). The number of nitrogens with zero attached hydrogens (tertiary/aromatic N) is 2. The molecule has 2 fully saturated rings. The Balaban J connectivity index is 1.43. The Labute approximate surface area is 199 Å². The molecule has 2 bridgehead atoms. The van der Waals surface area contributed by atoms with Crippen LogP contribution in [-0.2, 0) is 11.0 Å². The smallest absolute Gasteiger partial charge is 0.419 e. The van der Waals surface area contributed by atoms with E-state index in [9.17, 15) is 27.2 Å². The van der Waals surface area contributed by atoms with Crippen LogP contribution < -0.4 is 20.7 Å². The minimum absolute atomic E-state index is 0.107. The zero-order chi connectivity index (χ0) is 25.5. The Morgan fingerprint density at radius 2 is 1.77 bits per heavy atom. The number of primary amides is 1. The van der Waals surface area contributed by atoms with Gasteiger partial charge in [-0.15, -0.1) is 0 Å². The number of carbonyl (C=O) groups is 2. The van der Waals surface area contributed by atoms with Crippen molar-refractivity contribution in [2.45, 2.75) is 69.4 Å². The number of hydrogen-bond donors (Lipinski definition) is 2. The fourth-order valence-corrected chi connectivity index (χ4v) is 4.85. The van der Waals surface area contributed by atoms with Crippen LogP contribution in [0.4, 0.5) is 23.4 Å². The molecular weight excluding hydrogens is 468 g/mol. The van der Waals surface area contributed by atoms with Crippen molar-refractivity contribution in [1.82, 2.24) is 10.3 Å². The summed E-state index contributed by atoms with van der Waals surface area (Å²) in [6, 6.07) is 5.30. The van der Waals surface area contributed by atoms with Crippen molar-refractivity contribution in [2.75, 3.05) is 4.90 Å². The number of halogens is 4. The van der Waals surface area contributed by atoms with E-state index in [2.05, 4.69) is 15.2 Å². The van der Waals surface area contributed by atoms with Gasteiger partial charge in [0.1, 0.15) is 17.4 Å². The number of fused-ring (bicyclic) bond motifs is 2. The van der Waals surface area contributed by atoms with Gasteiger partial charge in [-0.1, -0.05) is 0 Å². The van der Waals surface area contributed by atoms with E-state index in [1.54, 1.807) is 12.1 Å². The summed E-state index contributed by atoms with van der Waals surface area (Å²) in [5.74, 6) is -2.05. The van der Waals surface area contributed by atoms with Gasteiger partial charge in [0.15, 0.2) is 5.60 Å². The molecule has 3 heterocycles. The molecule has 2 amide bonds. The van der Waals surface area contributed by atoms with E-state index < -0.39 is 40.7 Å². The molecule has 188 valence electrons. The van der Waals surface area contributed by atoms with E-state index in [0.29, 0.717) is 36.6 Å². The molecule has 11 heteroatoms. The lowest BCUT2D eigenvalue weighted by Crippen LogP contribution is -2.55. The Kier molecular flexibility index (Phi) is 6.37. The molecule has 0 spiro atoms. The second-order valence-corrected chi connectivity index (χ2v) is 9.45. The van der Waals surface area contributed by atoms with E-state index in [1.165, 1.54) is 20.0 Å². The number of rotatable bonds is 6. The lowest BCUT2D eigenvalue weighted by Gasteiger charge is -2.41. The summed E-state index contributed by atoms with van der Waals surface area (Å²) in [5, 5.41) is 2.90. The van der Waals surface area contributed by atoms with Crippen molar-refractivity contribution in [3.05, 3.63) is 53.5 Å². The average Bonchev–Trinajstić information content (AvgIpc) is 3.02. The average molecular weight is 494 g/mol. The zero-order valence-electron chi connectivity index (χ0n) is 19.2. The number of ether oxygens (including phenoxy) is 1. The van der Waals surface area contributed by atoms with Crippen LogP contribution in [0.2, 0.25) is 0 Å². The third-order valence-corrected chi connectivity index (χ3v) is 6.53. The van der Waals surface area contributed by atoms with E-state index in [4.69, 9.17) is 10.5 Å². The molecule has 0 radical (unpaired) electrons. The van der Waals surface area contributed by atoms with E-state index in [1.807, 2.05) is 0 Å². The predicted molar refractivity (Wildman–Crippen MR) is 119 cm³/mol. The Morgan fingerprint density at radius 3 is 2.31 bits per heavy atom. The van der Waals surface area contributed by atoms with Gasteiger partial charge < -0.3 is 20.7 Å². The summed E-state index contributed by atoms with van der Waals surface area (Å²) in [7, 11) is 0. The molecule has 3 atom stereocenters. The van der Waals surface area contributed by atoms with Crippen molar-refractivity contribution in [2.24, 2.45) is 5.73 Å². The van der Waals surface area contributed by atoms with Gasteiger partial charge in [-0.05, 0) is 63.8 Å². The standard InChI is InChI=1S/C24H26F4N4O3/c1-23(2,35-19-9-14(25)4-7-18(19)24(26,27)28)22(34)31-15-10-16-5-6-17(11-15)32(16)20-8-3-13(12-30-20)21(29)33/h3-4,7-9,12,15-17H,5-6,10-11H2,1-2H3,(H2,29,33)(H,31,34)/t15?,16-,17+. The first-order chi connectivity index (χ1) is 16.3. The lowest BCUT2D eigenvalue weighted by atomic mass is 9.96. The Morgan fingerprint density at radius 1 is 1.11 bits per heavy atom. The summed E-state index contributed by atoms with van der Waals surface area (Å²) in [5.41, 5.74) is 2.77. The zero-order valence-corrected chi connectivity index (χ0v) is 19.2. The maximum absolute atomic E-state index is 13.6. The normalized spacial score (nSPS) is 22.1.